The molecule has 0 saturated heterocycles. The first-order valence-corrected chi connectivity index (χ1v) is 6.90. The molecule has 0 atom stereocenters. The third-order valence-corrected chi connectivity index (χ3v) is 3.60. The highest BCUT2D eigenvalue weighted by molar-refractivity contribution is 7.08. The molecule has 0 radical (unpaired) electrons. The number of nitrogen functional groups attached to an aromatic ring is 1. The first-order chi connectivity index (χ1) is 9.32. The van der Waals surface area contributed by atoms with Crippen LogP contribution in [0.15, 0.2) is 18.5 Å². The molecule has 0 saturated carbocycles. The van der Waals surface area contributed by atoms with Crippen LogP contribution in [-0.2, 0) is 5.41 Å². The molecule has 0 bridgehead atoms. The quantitative estimate of drug-likeness (QED) is 0.915. The van der Waals surface area contributed by atoms with Crippen molar-refractivity contribution in [2.24, 2.45) is 0 Å². The van der Waals surface area contributed by atoms with Crippen molar-refractivity contribution in [1.29, 1.82) is 0 Å². The summed E-state index contributed by atoms with van der Waals surface area (Å²) in [5.41, 5.74) is 7.40. The van der Waals surface area contributed by atoms with Gasteiger partial charge < -0.3 is 10.6 Å². The van der Waals surface area contributed by atoms with Gasteiger partial charge in [-0.25, -0.2) is 0 Å². The number of rotatable bonds is 2. The molecule has 1 amide bonds. The molecule has 6 nitrogen and oxygen atoms in total. The van der Waals surface area contributed by atoms with E-state index in [4.69, 9.17) is 5.73 Å². The van der Waals surface area contributed by atoms with E-state index in [1.807, 2.05) is 20.8 Å². The van der Waals surface area contributed by atoms with Crippen LogP contribution in [0.2, 0.25) is 0 Å². The Balaban J connectivity index is 2.38. The highest BCUT2D eigenvalue weighted by Gasteiger charge is 2.28. The fraction of sp³-hybridized carbons (Fsp3) is 0.385. The molecule has 0 fully saturated rings. The fourth-order valence-corrected chi connectivity index (χ4v) is 2.64. The van der Waals surface area contributed by atoms with Crippen molar-refractivity contribution in [1.82, 2.24) is 14.6 Å². The molecule has 0 unspecified atom stereocenters. The van der Waals surface area contributed by atoms with Crippen molar-refractivity contribution in [3.05, 3.63) is 29.0 Å². The second-order valence-corrected chi connectivity index (χ2v) is 6.25. The van der Waals surface area contributed by atoms with Crippen LogP contribution >= 0.6 is 11.5 Å². The van der Waals surface area contributed by atoms with E-state index in [-0.39, 0.29) is 11.3 Å². The average molecular weight is 291 g/mol. The van der Waals surface area contributed by atoms with Gasteiger partial charge in [-0.05, 0) is 17.6 Å². The maximum atomic E-state index is 12.6. The number of nitrogens with zero attached hydrogens (tertiary/aromatic N) is 4. The second kappa shape index (κ2) is 5.16. The summed E-state index contributed by atoms with van der Waals surface area (Å²) in [4.78, 5) is 18.6. The number of carbonyl (C=O) groups is 1. The normalized spacial score (nSPS) is 11.4. The zero-order valence-electron chi connectivity index (χ0n) is 11.9. The molecule has 106 valence electrons. The second-order valence-electron chi connectivity index (χ2n) is 5.50. The van der Waals surface area contributed by atoms with E-state index < -0.39 is 0 Å². The first-order valence-electron chi connectivity index (χ1n) is 6.12. The summed E-state index contributed by atoms with van der Waals surface area (Å²) in [6, 6.07) is 1.71. The van der Waals surface area contributed by atoms with Crippen molar-refractivity contribution in [2.75, 3.05) is 17.7 Å². The molecule has 0 aromatic carbocycles. The van der Waals surface area contributed by atoms with E-state index in [9.17, 15) is 4.79 Å². The summed E-state index contributed by atoms with van der Waals surface area (Å²) in [5.74, 6) is -0.164. The Morgan fingerprint density at radius 3 is 2.70 bits per heavy atom. The average Bonchev–Trinajstić information content (AvgIpc) is 2.86. The fourth-order valence-electron chi connectivity index (χ4n) is 1.79. The summed E-state index contributed by atoms with van der Waals surface area (Å²) in [7, 11) is 1.68. The van der Waals surface area contributed by atoms with Crippen molar-refractivity contribution >= 4 is 28.8 Å². The van der Waals surface area contributed by atoms with E-state index in [0.717, 1.165) is 11.5 Å². The summed E-state index contributed by atoms with van der Waals surface area (Å²) < 4.78 is 3.91. The molecule has 0 aliphatic carbocycles. The SMILES string of the molecule is CN(C(=O)c1snnc1C(C)(C)C)c1ccncc1N. The smallest absolute Gasteiger partial charge is 0.271 e. The minimum Gasteiger partial charge on any atom is -0.396 e. The van der Waals surface area contributed by atoms with E-state index in [1.165, 1.54) is 11.1 Å². The van der Waals surface area contributed by atoms with Crippen LogP contribution in [0.3, 0.4) is 0 Å². The van der Waals surface area contributed by atoms with Crippen molar-refractivity contribution in [2.45, 2.75) is 26.2 Å². The van der Waals surface area contributed by atoms with Gasteiger partial charge >= 0.3 is 0 Å². The Morgan fingerprint density at radius 2 is 2.10 bits per heavy atom. The maximum absolute atomic E-state index is 12.6. The third-order valence-electron chi connectivity index (χ3n) is 2.89. The zero-order chi connectivity index (χ0) is 14.9. The minimum absolute atomic E-state index is 0.164. The molecule has 0 spiro atoms. The molecule has 0 aliphatic rings. The Labute approximate surface area is 121 Å². The van der Waals surface area contributed by atoms with Crippen LogP contribution in [-0.4, -0.2) is 27.5 Å². The van der Waals surface area contributed by atoms with Gasteiger partial charge in [0.25, 0.3) is 5.91 Å². The van der Waals surface area contributed by atoms with Gasteiger partial charge in [0.05, 0.1) is 23.3 Å². The summed E-state index contributed by atoms with van der Waals surface area (Å²) >= 11 is 1.10. The number of hydrogen-bond donors (Lipinski definition) is 1. The summed E-state index contributed by atoms with van der Waals surface area (Å²) in [6.07, 6.45) is 3.12. The Morgan fingerprint density at radius 1 is 1.40 bits per heavy atom. The first kappa shape index (κ1) is 14.4. The summed E-state index contributed by atoms with van der Waals surface area (Å²) in [5, 5.41) is 4.08. The van der Waals surface area contributed by atoms with Gasteiger partial charge in [-0.3, -0.25) is 9.78 Å². The van der Waals surface area contributed by atoms with E-state index >= 15 is 0 Å². The molecule has 2 N–H and O–H groups in total. The lowest BCUT2D eigenvalue weighted by Crippen LogP contribution is -2.29. The maximum Gasteiger partial charge on any atom is 0.271 e. The number of pyridine rings is 1. The number of amides is 1. The van der Waals surface area contributed by atoms with Gasteiger partial charge in [0.1, 0.15) is 4.88 Å². The monoisotopic (exact) mass is 291 g/mol. The van der Waals surface area contributed by atoms with E-state index in [0.29, 0.717) is 21.9 Å². The van der Waals surface area contributed by atoms with Gasteiger partial charge in [-0.2, -0.15) is 0 Å². The Kier molecular flexibility index (Phi) is 3.71. The number of nitrogens with two attached hydrogens (primary N) is 1. The van der Waals surface area contributed by atoms with Crippen LogP contribution in [0.5, 0.6) is 0 Å². The van der Waals surface area contributed by atoms with Gasteiger partial charge in [0.15, 0.2) is 0 Å². The molecule has 2 aromatic rings. The highest BCUT2D eigenvalue weighted by Crippen LogP contribution is 2.29. The largest absolute Gasteiger partial charge is 0.396 e. The van der Waals surface area contributed by atoms with Gasteiger partial charge in [0.2, 0.25) is 0 Å². The third kappa shape index (κ3) is 2.62. The molecule has 0 aliphatic heterocycles. The van der Waals surface area contributed by atoms with Gasteiger partial charge in [0, 0.05) is 18.7 Å². The standard InChI is InChI=1S/C13H17N5OS/c1-13(2,3)11-10(20-17-16-11)12(19)18(4)9-5-6-15-7-8(9)14/h5-7H,14H2,1-4H3. The summed E-state index contributed by atoms with van der Waals surface area (Å²) in [6.45, 7) is 6.00. The minimum atomic E-state index is -0.234. The number of carbonyl (C=O) groups excluding carboxylic acids is 1. The van der Waals surface area contributed by atoms with Crippen LogP contribution in [0.25, 0.3) is 0 Å². The van der Waals surface area contributed by atoms with Crippen LogP contribution in [0, 0.1) is 0 Å². The van der Waals surface area contributed by atoms with Crippen molar-refractivity contribution in [3.8, 4) is 0 Å². The predicted octanol–water partition coefficient (Wildman–Crippen LogP) is 2.09. The van der Waals surface area contributed by atoms with E-state index in [2.05, 4.69) is 14.6 Å². The molecule has 20 heavy (non-hydrogen) atoms. The van der Waals surface area contributed by atoms with Crippen molar-refractivity contribution in [3.63, 3.8) is 0 Å². The van der Waals surface area contributed by atoms with Gasteiger partial charge in [-0.1, -0.05) is 25.3 Å². The highest BCUT2D eigenvalue weighted by atomic mass is 32.1. The van der Waals surface area contributed by atoms with Crippen molar-refractivity contribution < 1.29 is 4.79 Å². The molecular weight excluding hydrogens is 274 g/mol. The lowest BCUT2D eigenvalue weighted by molar-refractivity contribution is 0.0994. The number of aromatic nitrogens is 3. The van der Waals surface area contributed by atoms with Crippen LogP contribution < -0.4 is 10.6 Å². The van der Waals surface area contributed by atoms with Crippen LogP contribution in [0.4, 0.5) is 11.4 Å². The molecule has 2 aromatic heterocycles. The van der Waals surface area contributed by atoms with E-state index in [1.54, 1.807) is 19.3 Å². The number of hydrogen-bond acceptors (Lipinski definition) is 6. The lowest BCUT2D eigenvalue weighted by Gasteiger charge is -2.21. The van der Waals surface area contributed by atoms with Crippen LogP contribution in [0.1, 0.15) is 36.1 Å². The molecular formula is C13H17N5OS. The number of anilines is 2. The van der Waals surface area contributed by atoms with Gasteiger partial charge in [-0.15, -0.1) is 5.10 Å². The topological polar surface area (TPSA) is 85.0 Å². The lowest BCUT2D eigenvalue weighted by atomic mass is 9.91. The predicted molar refractivity (Wildman–Crippen MR) is 80.0 cm³/mol. The molecule has 7 heteroatoms. The zero-order valence-corrected chi connectivity index (χ0v) is 12.7. The Bertz CT molecular complexity index is 632. The Hall–Kier alpha value is -2.02. The molecule has 2 heterocycles. The molecule has 2 rings (SSSR count).